The molecule has 0 atom stereocenters. The summed E-state index contributed by atoms with van der Waals surface area (Å²) in [5, 5.41) is 2.17. The third-order valence-corrected chi connectivity index (χ3v) is 4.37. The third kappa shape index (κ3) is 2.88. The number of aromatic nitrogens is 2. The number of nitrogen functional groups attached to an aromatic ring is 1. The topological polar surface area (TPSA) is 63.8 Å². The van der Waals surface area contributed by atoms with E-state index in [-0.39, 0.29) is 0 Å². The van der Waals surface area contributed by atoms with Crippen LogP contribution in [0.5, 0.6) is 0 Å². The third-order valence-electron chi connectivity index (χ3n) is 2.35. The van der Waals surface area contributed by atoms with E-state index in [0.29, 0.717) is 5.95 Å². The van der Waals surface area contributed by atoms with Gasteiger partial charge in [-0.2, -0.15) is 0 Å². The average molecular weight is 268 g/mol. The Labute approximate surface area is 109 Å². The molecule has 2 rings (SSSR count). The van der Waals surface area contributed by atoms with Crippen LogP contribution in [0.2, 0.25) is 0 Å². The second-order valence-electron chi connectivity index (χ2n) is 3.77. The fourth-order valence-corrected chi connectivity index (χ4v) is 3.54. The number of nitrogens with two attached hydrogens (primary N) is 1. The Morgan fingerprint density at radius 2 is 2.29 bits per heavy atom. The molecule has 0 saturated carbocycles. The first-order valence-electron chi connectivity index (χ1n) is 5.62. The highest BCUT2D eigenvalue weighted by atomic mass is 32.2. The first-order valence-corrected chi connectivity index (χ1v) is 7.42. The Balaban J connectivity index is 2.36. The highest BCUT2D eigenvalue weighted by molar-refractivity contribution is 7.99. The van der Waals surface area contributed by atoms with E-state index >= 15 is 0 Å². The van der Waals surface area contributed by atoms with E-state index in [9.17, 15) is 0 Å². The SMILES string of the molecule is CCCCSc1nc(NN)nc2sc(C)cc12. The van der Waals surface area contributed by atoms with Gasteiger partial charge in [0.2, 0.25) is 5.95 Å². The van der Waals surface area contributed by atoms with Crippen molar-refractivity contribution in [2.75, 3.05) is 11.2 Å². The molecule has 6 heteroatoms. The summed E-state index contributed by atoms with van der Waals surface area (Å²) in [5.74, 6) is 6.98. The molecule has 0 fully saturated rings. The summed E-state index contributed by atoms with van der Waals surface area (Å²) in [5.41, 5.74) is 2.53. The molecule has 0 aliphatic rings. The number of hydrogen-bond acceptors (Lipinski definition) is 6. The molecule has 2 aromatic rings. The van der Waals surface area contributed by atoms with Crippen molar-refractivity contribution in [1.82, 2.24) is 9.97 Å². The second kappa shape index (κ2) is 5.66. The lowest BCUT2D eigenvalue weighted by Crippen LogP contribution is -2.10. The molecule has 0 bridgehead atoms. The summed E-state index contributed by atoms with van der Waals surface area (Å²) >= 11 is 3.45. The molecule has 0 aromatic carbocycles. The minimum Gasteiger partial charge on any atom is -0.292 e. The number of thiophene rings is 1. The molecular weight excluding hydrogens is 252 g/mol. The zero-order chi connectivity index (χ0) is 12.3. The van der Waals surface area contributed by atoms with Crippen LogP contribution in [-0.2, 0) is 0 Å². The lowest BCUT2D eigenvalue weighted by atomic mass is 10.4. The van der Waals surface area contributed by atoms with Crippen LogP contribution in [0.15, 0.2) is 11.1 Å². The van der Waals surface area contributed by atoms with Crippen molar-refractivity contribution in [2.24, 2.45) is 5.84 Å². The minimum absolute atomic E-state index is 0.498. The second-order valence-corrected chi connectivity index (χ2v) is 6.09. The van der Waals surface area contributed by atoms with Gasteiger partial charge >= 0.3 is 0 Å². The van der Waals surface area contributed by atoms with Crippen LogP contribution >= 0.6 is 23.1 Å². The van der Waals surface area contributed by atoms with Crippen molar-refractivity contribution in [3.63, 3.8) is 0 Å². The number of rotatable bonds is 5. The van der Waals surface area contributed by atoms with E-state index in [1.54, 1.807) is 23.1 Å². The van der Waals surface area contributed by atoms with Crippen LogP contribution in [0.4, 0.5) is 5.95 Å². The molecule has 0 aliphatic heterocycles. The van der Waals surface area contributed by atoms with Gasteiger partial charge in [0.15, 0.2) is 0 Å². The summed E-state index contributed by atoms with van der Waals surface area (Å²) in [7, 11) is 0. The lowest BCUT2D eigenvalue weighted by molar-refractivity contribution is 0.895. The fraction of sp³-hybridized carbons (Fsp3) is 0.455. The number of nitrogens with one attached hydrogen (secondary N) is 1. The van der Waals surface area contributed by atoms with Crippen molar-refractivity contribution in [3.8, 4) is 0 Å². The molecular formula is C11H16N4S2. The lowest BCUT2D eigenvalue weighted by Gasteiger charge is -2.04. The Morgan fingerprint density at radius 3 is 3.00 bits per heavy atom. The molecule has 2 aromatic heterocycles. The molecule has 17 heavy (non-hydrogen) atoms. The monoisotopic (exact) mass is 268 g/mol. The summed E-state index contributed by atoms with van der Waals surface area (Å²) in [6.07, 6.45) is 2.40. The Morgan fingerprint density at radius 1 is 1.47 bits per heavy atom. The molecule has 2 heterocycles. The number of thioether (sulfide) groups is 1. The van der Waals surface area contributed by atoms with Gasteiger partial charge in [-0.25, -0.2) is 15.8 Å². The highest BCUT2D eigenvalue weighted by Crippen LogP contribution is 2.32. The maximum atomic E-state index is 5.39. The molecule has 0 spiro atoms. The molecule has 0 unspecified atom stereocenters. The first-order chi connectivity index (χ1) is 8.24. The van der Waals surface area contributed by atoms with Crippen LogP contribution in [0.3, 0.4) is 0 Å². The van der Waals surface area contributed by atoms with Gasteiger partial charge in [0, 0.05) is 10.3 Å². The smallest absolute Gasteiger partial charge is 0.239 e. The zero-order valence-corrected chi connectivity index (χ0v) is 11.6. The summed E-state index contributed by atoms with van der Waals surface area (Å²) in [6.45, 7) is 4.28. The van der Waals surface area contributed by atoms with Gasteiger partial charge in [0.25, 0.3) is 0 Å². The minimum atomic E-state index is 0.498. The quantitative estimate of drug-likeness (QED) is 0.287. The van der Waals surface area contributed by atoms with E-state index in [0.717, 1.165) is 21.0 Å². The Bertz CT molecular complexity index is 509. The average Bonchev–Trinajstić information content (AvgIpc) is 2.69. The predicted molar refractivity (Wildman–Crippen MR) is 75.6 cm³/mol. The van der Waals surface area contributed by atoms with Crippen molar-refractivity contribution >= 4 is 39.3 Å². The molecule has 0 radical (unpaired) electrons. The Kier molecular flexibility index (Phi) is 4.20. The van der Waals surface area contributed by atoms with Crippen LogP contribution in [0, 0.1) is 6.92 Å². The maximum Gasteiger partial charge on any atom is 0.239 e. The first kappa shape index (κ1) is 12.6. The molecule has 92 valence electrons. The predicted octanol–water partition coefficient (Wildman–Crippen LogP) is 3.18. The number of unbranched alkanes of at least 4 members (excludes halogenated alkanes) is 1. The Hall–Kier alpha value is -0.850. The molecule has 0 amide bonds. The molecule has 0 saturated heterocycles. The van der Waals surface area contributed by atoms with E-state index in [4.69, 9.17) is 5.84 Å². The van der Waals surface area contributed by atoms with Crippen molar-refractivity contribution in [3.05, 3.63) is 10.9 Å². The number of hydrogen-bond donors (Lipinski definition) is 2. The summed E-state index contributed by atoms with van der Waals surface area (Å²) < 4.78 is 0. The van der Waals surface area contributed by atoms with Crippen molar-refractivity contribution < 1.29 is 0 Å². The van der Waals surface area contributed by atoms with Gasteiger partial charge in [-0.3, -0.25) is 5.43 Å². The van der Waals surface area contributed by atoms with E-state index in [2.05, 4.69) is 35.3 Å². The van der Waals surface area contributed by atoms with Gasteiger partial charge in [0.05, 0.1) is 0 Å². The number of anilines is 1. The number of fused-ring (bicyclic) bond motifs is 1. The van der Waals surface area contributed by atoms with Crippen LogP contribution in [-0.4, -0.2) is 15.7 Å². The number of nitrogens with zero attached hydrogens (tertiary/aromatic N) is 2. The van der Waals surface area contributed by atoms with Crippen LogP contribution in [0.1, 0.15) is 24.6 Å². The van der Waals surface area contributed by atoms with Gasteiger partial charge in [-0.05, 0) is 25.2 Å². The summed E-state index contributed by atoms with van der Waals surface area (Å²) in [6, 6.07) is 2.15. The van der Waals surface area contributed by atoms with Gasteiger partial charge in [-0.15, -0.1) is 23.1 Å². The molecule has 4 nitrogen and oxygen atoms in total. The largest absolute Gasteiger partial charge is 0.292 e. The summed E-state index contributed by atoms with van der Waals surface area (Å²) in [4.78, 5) is 11.0. The number of hydrazine groups is 1. The number of aryl methyl sites for hydroxylation is 1. The van der Waals surface area contributed by atoms with Gasteiger partial charge < -0.3 is 0 Å². The van der Waals surface area contributed by atoms with Crippen LogP contribution < -0.4 is 11.3 Å². The van der Waals surface area contributed by atoms with Crippen molar-refractivity contribution in [2.45, 2.75) is 31.7 Å². The van der Waals surface area contributed by atoms with E-state index < -0.39 is 0 Å². The van der Waals surface area contributed by atoms with Gasteiger partial charge in [0.1, 0.15) is 9.86 Å². The maximum absolute atomic E-state index is 5.39. The normalized spacial score (nSPS) is 11.0. The highest BCUT2D eigenvalue weighted by Gasteiger charge is 2.10. The van der Waals surface area contributed by atoms with E-state index in [1.165, 1.54) is 17.7 Å². The van der Waals surface area contributed by atoms with Crippen molar-refractivity contribution in [1.29, 1.82) is 0 Å². The standard InChI is InChI=1S/C11H16N4S2/c1-3-4-5-16-9-8-6-7(2)17-10(8)14-11(13-9)15-12/h6H,3-5,12H2,1-2H3,(H,13,14,15). The molecule has 3 N–H and O–H groups in total. The zero-order valence-electron chi connectivity index (χ0n) is 9.99. The van der Waals surface area contributed by atoms with E-state index in [1.807, 2.05) is 0 Å². The fourth-order valence-electron chi connectivity index (χ4n) is 1.50. The van der Waals surface area contributed by atoms with Gasteiger partial charge in [-0.1, -0.05) is 13.3 Å². The van der Waals surface area contributed by atoms with Crippen LogP contribution in [0.25, 0.3) is 10.2 Å². The molecule has 0 aliphatic carbocycles.